The summed E-state index contributed by atoms with van der Waals surface area (Å²) in [4.78, 5) is 6.66. The number of nitrogens with zero attached hydrogens (tertiary/aromatic N) is 2. The third-order valence-electron chi connectivity index (χ3n) is 3.30. The standard InChI is InChI=1S/C17H22BrN3/c1-13(2)20-11-15-10-16(8-9-19-15)21(3)12-14-6-4-5-7-17(14)18/h4-10,13,20H,11-12H2,1-3H3. The molecule has 0 amide bonds. The predicted molar refractivity (Wildman–Crippen MR) is 92.5 cm³/mol. The first-order chi connectivity index (χ1) is 10.1. The largest absolute Gasteiger partial charge is 0.370 e. The Morgan fingerprint density at radius 3 is 2.71 bits per heavy atom. The van der Waals surface area contributed by atoms with E-state index in [2.05, 4.69) is 82.4 Å². The van der Waals surface area contributed by atoms with Gasteiger partial charge < -0.3 is 10.2 Å². The molecule has 1 aromatic carbocycles. The van der Waals surface area contributed by atoms with Crippen LogP contribution in [-0.4, -0.2) is 18.1 Å². The molecule has 0 spiro atoms. The van der Waals surface area contributed by atoms with Crippen molar-refractivity contribution in [3.63, 3.8) is 0 Å². The lowest BCUT2D eigenvalue weighted by Gasteiger charge is -2.21. The van der Waals surface area contributed by atoms with Crippen LogP contribution in [0.2, 0.25) is 0 Å². The van der Waals surface area contributed by atoms with Crippen LogP contribution in [0, 0.1) is 0 Å². The van der Waals surface area contributed by atoms with Crippen molar-refractivity contribution in [2.75, 3.05) is 11.9 Å². The summed E-state index contributed by atoms with van der Waals surface area (Å²) in [7, 11) is 2.11. The second-order valence-electron chi connectivity index (χ2n) is 5.49. The first-order valence-corrected chi connectivity index (χ1v) is 7.98. The minimum atomic E-state index is 0.466. The van der Waals surface area contributed by atoms with Gasteiger partial charge in [-0.25, -0.2) is 0 Å². The van der Waals surface area contributed by atoms with Crippen LogP contribution in [0.4, 0.5) is 5.69 Å². The first-order valence-electron chi connectivity index (χ1n) is 7.19. The topological polar surface area (TPSA) is 28.2 Å². The van der Waals surface area contributed by atoms with Crippen LogP contribution in [0.15, 0.2) is 47.1 Å². The molecular formula is C17H22BrN3. The van der Waals surface area contributed by atoms with E-state index in [-0.39, 0.29) is 0 Å². The van der Waals surface area contributed by atoms with Gasteiger partial charge in [0.1, 0.15) is 0 Å². The molecule has 2 aromatic rings. The highest BCUT2D eigenvalue weighted by Crippen LogP contribution is 2.21. The van der Waals surface area contributed by atoms with Crippen molar-refractivity contribution in [1.82, 2.24) is 10.3 Å². The predicted octanol–water partition coefficient (Wildman–Crippen LogP) is 3.98. The zero-order valence-electron chi connectivity index (χ0n) is 12.8. The van der Waals surface area contributed by atoms with Crippen LogP contribution in [0.3, 0.4) is 0 Å². The summed E-state index contributed by atoms with van der Waals surface area (Å²) in [5, 5.41) is 3.40. The molecule has 0 aliphatic carbocycles. The molecule has 4 heteroatoms. The SMILES string of the molecule is CC(C)NCc1cc(N(C)Cc2ccccc2Br)ccn1. The van der Waals surface area contributed by atoms with Crippen LogP contribution in [0.1, 0.15) is 25.1 Å². The van der Waals surface area contributed by atoms with Gasteiger partial charge in [-0.1, -0.05) is 48.0 Å². The summed E-state index contributed by atoms with van der Waals surface area (Å²) in [6.45, 7) is 5.95. The summed E-state index contributed by atoms with van der Waals surface area (Å²) in [5.41, 5.74) is 3.53. The number of hydrogen-bond acceptors (Lipinski definition) is 3. The Hall–Kier alpha value is -1.39. The smallest absolute Gasteiger partial charge is 0.0562 e. The molecule has 0 bridgehead atoms. The molecule has 0 aliphatic rings. The van der Waals surface area contributed by atoms with Crippen molar-refractivity contribution in [2.45, 2.75) is 33.0 Å². The summed E-state index contributed by atoms with van der Waals surface area (Å²) < 4.78 is 1.15. The molecule has 0 aliphatic heterocycles. The summed E-state index contributed by atoms with van der Waals surface area (Å²) >= 11 is 3.60. The number of benzene rings is 1. The van der Waals surface area contributed by atoms with Gasteiger partial charge in [-0.15, -0.1) is 0 Å². The number of pyridine rings is 1. The normalized spacial score (nSPS) is 10.9. The Kier molecular flexibility index (Phi) is 5.76. The Bertz CT molecular complexity index is 584. The van der Waals surface area contributed by atoms with E-state index in [0.29, 0.717) is 6.04 Å². The molecule has 0 radical (unpaired) electrons. The van der Waals surface area contributed by atoms with Gasteiger partial charge in [-0.05, 0) is 23.8 Å². The lowest BCUT2D eigenvalue weighted by atomic mass is 10.2. The van der Waals surface area contributed by atoms with E-state index >= 15 is 0 Å². The molecule has 1 aromatic heterocycles. The monoisotopic (exact) mass is 347 g/mol. The number of hydrogen-bond donors (Lipinski definition) is 1. The molecule has 2 rings (SSSR count). The fourth-order valence-electron chi connectivity index (χ4n) is 2.08. The average molecular weight is 348 g/mol. The summed E-state index contributed by atoms with van der Waals surface area (Å²) in [6.07, 6.45) is 1.88. The quantitative estimate of drug-likeness (QED) is 0.856. The van der Waals surface area contributed by atoms with Gasteiger partial charge in [0.15, 0.2) is 0 Å². The Morgan fingerprint density at radius 1 is 1.24 bits per heavy atom. The van der Waals surface area contributed by atoms with Crippen molar-refractivity contribution < 1.29 is 0 Å². The zero-order valence-corrected chi connectivity index (χ0v) is 14.4. The maximum Gasteiger partial charge on any atom is 0.0562 e. The number of rotatable bonds is 6. The Balaban J connectivity index is 2.07. The van der Waals surface area contributed by atoms with Crippen molar-refractivity contribution in [3.05, 3.63) is 58.3 Å². The first kappa shape index (κ1) is 16.0. The van der Waals surface area contributed by atoms with Crippen molar-refractivity contribution in [1.29, 1.82) is 0 Å². The molecule has 0 unspecified atom stereocenters. The van der Waals surface area contributed by atoms with Gasteiger partial charge in [-0.3, -0.25) is 4.98 Å². The lowest BCUT2D eigenvalue weighted by molar-refractivity contribution is 0.581. The fraction of sp³-hybridized carbons (Fsp3) is 0.353. The van der Waals surface area contributed by atoms with Crippen LogP contribution in [0.25, 0.3) is 0 Å². The maximum absolute atomic E-state index is 4.42. The molecule has 1 N–H and O–H groups in total. The second kappa shape index (κ2) is 7.57. The Labute approximate surface area is 135 Å². The fourth-order valence-corrected chi connectivity index (χ4v) is 2.49. The number of nitrogens with one attached hydrogen (secondary N) is 1. The minimum absolute atomic E-state index is 0.466. The van der Waals surface area contributed by atoms with Gasteiger partial charge >= 0.3 is 0 Å². The molecule has 0 atom stereocenters. The van der Waals surface area contributed by atoms with Crippen molar-refractivity contribution in [3.8, 4) is 0 Å². The van der Waals surface area contributed by atoms with E-state index < -0.39 is 0 Å². The highest BCUT2D eigenvalue weighted by molar-refractivity contribution is 9.10. The van der Waals surface area contributed by atoms with Crippen molar-refractivity contribution in [2.24, 2.45) is 0 Å². The molecule has 0 saturated heterocycles. The summed E-state index contributed by atoms with van der Waals surface area (Å²) in [5.74, 6) is 0. The average Bonchev–Trinajstić information content (AvgIpc) is 2.48. The third-order valence-corrected chi connectivity index (χ3v) is 4.07. The van der Waals surface area contributed by atoms with Gasteiger partial charge in [-0.2, -0.15) is 0 Å². The molecule has 0 fully saturated rings. The van der Waals surface area contributed by atoms with E-state index in [1.807, 2.05) is 12.3 Å². The van der Waals surface area contributed by atoms with Gasteiger partial charge in [0, 0.05) is 42.5 Å². The molecule has 1 heterocycles. The molecule has 112 valence electrons. The summed E-state index contributed by atoms with van der Waals surface area (Å²) in [6, 6.07) is 13.0. The van der Waals surface area contributed by atoms with E-state index in [4.69, 9.17) is 0 Å². The molecule has 0 saturated carbocycles. The molecule has 21 heavy (non-hydrogen) atoms. The number of halogens is 1. The van der Waals surface area contributed by atoms with E-state index in [0.717, 1.165) is 23.3 Å². The maximum atomic E-state index is 4.42. The molecular weight excluding hydrogens is 326 g/mol. The third kappa shape index (κ3) is 4.83. The number of aromatic nitrogens is 1. The van der Waals surface area contributed by atoms with Crippen LogP contribution < -0.4 is 10.2 Å². The minimum Gasteiger partial charge on any atom is -0.370 e. The zero-order chi connectivity index (χ0) is 15.2. The van der Waals surface area contributed by atoms with E-state index in [1.165, 1.54) is 11.3 Å². The van der Waals surface area contributed by atoms with Gasteiger partial charge in [0.25, 0.3) is 0 Å². The van der Waals surface area contributed by atoms with Crippen LogP contribution in [0.5, 0.6) is 0 Å². The lowest BCUT2D eigenvalue weighted by Crippen LogP contribution is -2.23. The van der Waals surface area contributed by atoms with Crippen molar-refractivity contribution >= 4 is 21.6 Å². The Morgan fingerprint density at radius 2 is 2.00 bits per heavy atom. The van der Waals surface area contributed by atoms with Gasteiger partial charge in [0.2, 0.25) is 0 Å². The van der Waals surface area contributed by atoms with Gasteiger partial charge in [0.05, 0.1) is 5.69 Å². The highest BCUT2D eigenvalue weighted by atomic mass is 79.9. The van der Waals surface area contributed by atoms with E-state index in [1.54, 1.807) is 0 Å². The number of anilines is 1. The van der Waals surface area contributed by atoms with Crippen LogP contribution >= 0.6 is 15.9 Å². The van der Waals surface area contributed by atoms with E-state index in [9.17, 15) is 0 Å². The van der Waals surface area contributed by atoms with Crippen LogP contribution in [-0.2, 0) is 13.1 Å². The highest BCUT2D eigenvalue weighted by Gasteiger charge is 2.06. The second-order valence-corrected chi connectivity index (χ2v) is 6.34. The molecule has 3 nitrogen and oxygen atoms in total.